The number of Topliss-reactive ketones (excluding diaryl/α,β-unsaturated/α-hetero) is 1. The Morgan fingerprint density at radius 1 is 1.14 bits per heavy atom. The first-order valence-electron chi connectivity index (χ1n) is 9.42. The lowest BCUT2D eigenvalue weighted by Gasteiger charge is -2.13. The highest BCUT2D eigenvalue weighted by Gasteiger charge is 2.20. The first kappa shape index (κ1) is 21.0. The number of rotatable bonds is 8. The molecule has 3 aromatic rings. The van der Waals surface area contributed by atoms with Crippen LogP contribution in [0.25, 0.3) is 0 Å². The second-order valence-corrected chi connectivity index (χ2v) is 8.27. The molecule has 0 radical (unpaired) electrons. The average molecular weight is 415 g/mol. The summed E-state index contributed by atoms with van der Waals surface area (Å²) in [6.45, 7) is 5.04. The van der Waals surface area contributed by atoms with E-state index in [0.717, 1.165) is 22.8 Å². The van der Waals surface area contributed by atoms with Crippen LogP contribution < -0.4 is 10.2 Å². The maximum atomic E-state index is 13.2. The number of halogens is 1. The fraction of sp³-hybridized carbons (Fsp3) is 0.273. The summed E-state index contributed by atoms with van der Waals surface area (Å²) < 4.78 is 15.4. The lowest BCUT2D eigenvalue weighted by atomic mass is 10.1. The molecule has 5 nitrogen and oxygen atoms in total. The quantitative estimate of drug-likeness (QED) is 0.557. The van der Waals surface area contributed by atoms with Crippen LogP contribution in [0.2, 0.25) is 0 Å². The molecular formula is C22H25FN3O2S+. The normalized spacial score (nSPS) is 12.0. The Balaban J connectivity index is 1.60. The molecule has 0 saturated carbocycles. The third-order valence-electron chi connectivity index (χ3n) is 4.80. The molecule has 152 valence electrons. The van der Waals surface area contributed by atoms with Gasteiger partial charge in [0.05, 0.1) is 13.6 Å². The topological polar surface area (TPSA) is 55.5 Å². The van der Waals surface area contributed by atoms with Gasteiger partial charge in [0.25, 0.3) is 5.91 Å². The van der Waals surface area contributed by atoms with Crippen LogP contribution >= 0.6 is 11.3 Å². The van der Waals surface area contributed by atoms with Crippen molar-refractivity contribution in [2.45, 2.75) is 20.4 Å². The van der Waals surface area contributed by atoms with Crippen LogP contribution in [0.1, 0.15) is 26.6 Å². The molecule has 1 unspecified atom stereocenters. The van der Waals surface area contributed by atoms with Gasteiger partial charge in [0.2, 0.25) is 5.78 Å². The molecule has 0 bridgehead atoms. The molecule has 0 aliphatic carbocycles. The van der Waals surface area contributed by atoms with Crippen LogP contribution in [-0.4, -0.2) is 36.4 Å². The van der Waals surface area contributed by atoms with Gasteiger partial charge in [-0.05, 0) is 49.6 Å². The van der Waals surface area contributed by atoms with Gasteiger partial charge in [-0.15, -0.1) is 11.3 Å². The van der Waals surface area contributed by atoms with Crippen LogP contribution in [0.3, 0.4) is 0 Å². The van der Waals surface area contributed by atoms with E-state index in [1.165, 1.54) is 23.1 Å². The number of aromatic nitrogens is 1. The summed E-state index contributed by atoms with van der Waals surface area (Å²) in [5.74, 6) is -0.660. The number of ketones is 1. The van der Waals surface area contributed by atoms with Crippen molar-refractivity contribution in [2.75, 3.05) is 25.5 Å². The maximum Gasteiger partial charge on any atom is 0.279 e. The zero-order valence-corrected chi connectivity index (χ0v) is 17.6. The Morgan fingerprint density at radius 3 is 2.62 bits per heavy atom. The van der Waals surface area contributed by atoms with E-state index in [9.17, 15) is 14.0 Å². The van der Waals surface area contributed by atoms with E-state index in [0.29, 0.717) is 11.3 Å². The summed E-state index contributed by atoms with van der Waals surface area (Å²) in [6, 6.07) is 11.8. The minimum Gasteiger partial charge on any atom is -0.343 e. The molecule has 2 heterocycles. The summed E-state index contributed by atoms with van der Waals surface area (Å²) in [6.07, 6.45) is 0. The van der Waals surface area contributed by atoms with Gasteiger partial charge < -0.3 is 14.8 Å². The van der Waals surface area contributed by atoms with E-state index in [2.05, 4.69) is 16.0 Å². The highest BCUT2D eigenvalue weighted by molar-refractivity contribution is 7.09. The minimum atomic E-state index is -0.406. The van der Waals surface area contributed by atoms with Crippen molar-refractivity contribution in [3.05, 3.63) is 75.5 Å². The Labute approximate surface area is 173 Å². The smallest absolute Gasteiger partial charge is 0.279 e. The predicted octanol–water partition coefficient (Wildman–Crippen LogP) is 2.69. The van der Waals surface area contributed by atoms with Gasteiger partial charge in [-0.1, -0.05) is 12.1 Å². The Bertz CT molecular complexity index is 1010. The van der Waals surface area contributed by atoms with Crippen molar-refractivity contribution in [3.8, 4) is 0 Å². The van der Waals surface area contributed by atoms with E-state index in [4.69, 9.17) is 0 Å². The van der Waals surface area contributed by atoms with Crippen LogP contribution in [0, 0.1) is 19.7 Å². The number of quaternary nitrogens is 1. The zero-order chi connectivity index (χ0) is 21.0. The molecule has 29 heavy (non-hydrogen) atoms. The number of hydrogen-bond donors (Lipinski definition) is 2. The van der Waals surface area contributed by atoms with Crippen molar-refractivity contribution in [3.63, 3.8) is 0 Å². The molecule has 2 aromatic heterocycles. The first-order valence-corrected chi connectivity index (χ1v) is 10.3. The predicted molar refractivity (Wildman–Crippen MR) is 113 cm³/mol. The summed E-state index contributed by atoms with van der Waals surface area (Å²) in [5, 5.41) is 4.71. The molecule has 0 spiro atoms. The fourth-order valence-corrected chi connectivity index (χ4v) is 4.06. The van der Waals surface area contributed by atoms with Gasteiger partial charge in [-0.25, -0.2) is 4.39 Å². The second-order valence-electron chi connectivity index (χ2n) is 7.24. The molecule has 0 aliphatic heterocycles. The summed E-state index contributed by atoms with van der Waals surface area (Å²) in [7, 11) is 1.80. The third-order valence-corrected chi connectivity index (χ3v) is 5.66. The number of carbonyl (C=O) groups is 2. The molecule has 0 aliphatic rings. The number of nitrogens with one attached hydrogen (secondary N) is 2. The van der Waals surface area contributed by atoms with Gasteiger partial charge >= 0.3 is 0 Å². The fourth-order valence-electron chi connectivity index (χ4n) is 3.36. The van der Waals surface area contributed by atoms with Crippen LogP contribution in [0.4, 0.5) is 10.1 Å². The van der Waals surface area contributed by atoms with E-state index < -0.39 is 5.82 Å². The first-order chi connectivity index (χ1) is 13.8. The van der Waals surface area contributed by atoms with Crippen molar-refractivity contribution in [2.24, 2.45) is 0 Å². The van der Waals surface area contributed by atoms with Crippen LogP contribution in [-0.2, 0) is 11.3 Å². The SMILES string of the molecule is Cc1cc(C(=O)C[NH+](C)CC(=O)Nc2cccc(F)c2)c(C)n1Cc1cccs1. The molecule has 3 rings (SSSR count). The largest absolute Gasteiger partial charge is 0.343 e. The lowest BCUT2D eigenvalue weighted by Crippen LogP contribution is -3.11. The van der Waals surface area contributed by atoms with E-state index in [-0.39, 0.29) is 24.8 Å². The lowest BCUT2D eigenvalue weighted by molar-refractivity contribution is -0.861. The number of hydrogen-bond acceptors (Lipinski definition) is 3. The number of benzene rings is 1. The molecule has 0 fully saturated rings. The van der Waals surface area contributed by atoms with Gasteiger partial charge in [-0.2, -0.15) is 0 Å². The van der Waals surface area contributed by atoms with Crippen LogP contribution in [0.15, 0.2) is 47.8 Å². The van der Waals surface area contributed by atoms with Crippen LogP contribution in [0.5, 0.6) is 0 Å². The standard InChI is InChI=1S/C22H24FN3O2S/c1-15-10-20(16(2)26(15)12-19-8-5-9-29-19)21(27)13-25(3)14-22(28)24-18-7-4-6-17(23)11-18/h4-11H,12-14H2,1-3H3,(H,24,28)/p+1. The number of amides is 1. The molecule has 1 atom stereocenters. The summed E-state index contributed by atoms with van der Waals surface area (Å²) in [4.78, 5) is 27.0. The Morgan fingerprint density at radius 2 is 1.93 bits per heavy atom. The van der Waals surface area contributed by atoms with Gasteiger partial charge in [0.1, 0.15) is 12.4 Å². The number of likely N-dealkylation sites (N-methyl/N-ethyl adjacent to an activating group) is 1. The van der Waals surface area contributed by atoms with Gasteiger partial charge in [0, 0.05) is 27.5 Å². The molecule has 7 heteroatoms. The molecule has 2 N–H and O–H groups in total. The minimum absolute atomic E-state index is 0.00610. The molecule has 1 aromatic carbocycles. The monoisotopic (exact) mass is 414 g/mol. The van der Waals surface area contributed by atoms with E-state index in [1.807, 2.05) is 31.4 Å². The van der Waals surface area contributed by atoms with Crippen molar-refractivity contribution >= 4 is 28.7 Å². The van der Waals surface area contributed by atoms with Gasteiger partial charge in [0.15, 0.2) is 6.54 Å². The molecule has 1 amide bonds. The molecule has 0 saturated heterocycles. The van der Waals surface area contributed by atoms with Crippen molar-refractivity contribution in [1.29, 1.82) is 0 Å². The van der Waals surface area contributed by atoms with Crippen molar-refractivity contribution < 1.29 is 18.9 Å². The third kappa shape index (κ3) is 5.40. The number of anilines is 1. The Hall–Kier alpha value is -2.77. The highest BCUT2D eigenvalue weighted by Crippen LogP contribution is 2.19. The Kier molecular flexibility index (Phi) is 6.61. The van der Waals surface area contributed by atoms with Crippen molar-refractivity contribution in [1.82, 2.24) is 4.57 Å². The molecular weight excluding hydrogens is 389 g/mol. The maximum absolute atomic E-state index is 13.2. The number of aryl methyl sites for hydroxylation is 1. The number of carbonyl (C=O) groups excluding carboxylic acids is 2. The summed E-state index contributed by atoms with van der Waals surface area (Å²) in [5.41, 5.74) is 3.09. The van der Waals surface area contributed by atoms with Gasteiger partial charge in [-0.3, -0.25) is 9.59 Å². The highest BCUT2D eigenvalue weighted by atomic mass is 32.1. The summed E-state index contributed by atoms with van der Waals surface area (Å²) >= 11 is 1.69. The number of nitrogens with zero attached hydrogens (tertiary/aromatic N) is 1. The second kappa shape index (κ2) is 9.15. The zero-order valence-electron chi connectivity index (χ0n) is 16.8. The van der Waals surface area contributed by atoms with E-state index >= 15 is 0 Å². The van der Waals surface area contributed by atoms with E-state index in [1.54, 1.807) is 24.5 Å². The average Bonchev–Trinajstić information content (AvgIpc) is 3.25. The number of thiophene rings is 1.